The highest BCUT2D eigenvalue weighted by Crippen LogP contribution is 2.37. The van der Waals surface area contributed by atoms with Gasteiger partial charge in [0.15, 0.2) is 0 Å². The summed E-state index contributed by atoms with van der Waals surface area (Å²) in [4.78, 5) is 16.7. The fourth-order valence-electron chi connectivity index (χ4n) is 5.84. The molecule has 0 aromatic heterocycles. The van der Waals surface area contributed by atoms with E-state index in [4.69, 9.17) is 16.3 Å². The van der Waals surface area contributed by atoms with Crippen molar-refractivity contribution in [1.29, 1.82) is 0 Å². The fourth-order valence-corrected chi connectivity index (χ4v) is 7.24. The standard InChI is InChI=1S/C33H39ClF2N6O5S/c1-21(43)19-38-20-26(41-48(45,46)27-12-9-25(35)10-13-27)11-14-28-29(36)3-2-4-30(28)39-33(44)32(40-42-37)31(23-15-17-47-18-16-23)22-5-7-24(34)8-6-22/h2-10,12-13,21,23,26,31-32,38,41,43H,11,14-20H2,1H3,(H,39,44)/t21-,26-,31-,32-/m0/s1. The number of aliphatic hydroxyl groups is 1. The molecule has 0 spiro atoms. The number of carbonyl (C=O) groups is 1. The van der Waals surface area contributed by atoms with Gasteiger partial charge in [-0.15, -0.1) is 0 Å². The number of anilines is 1. The van der Waals surface area contributed by atoms with Crippen molar-refractivity contribution in [3.63, 3.8) is 0 Å². The Balaban J connectivity index is 1.58. The lowest BCUT2D eigenvalue weighted by Crippen LogP contribution is -2.43. The summed E-state index contributed by atoms with van der Waals surface area (Å²) in [7, 11) is -4.08. The highest BCUT2D eigenvalue weighted by atomic mass is 35.5. The maximum absolute atomic E-state index is 15.4. The Morgan fingerprint density at radius 3 is 2.42 bits per heavy atom. The van der Waals surface area contributed by atoms with E-state index in [-0.39, 0.29) is 48.0 Å². The second kappa shape index (κ2) is 17.7. The van der Waals surface area contributed by atoms with Gasteiger partial charge in [-0.25, -0.2) is 21.9 Å². The average molecular weight is 705 g/mol. The van der Waals surface area contributed by atoms with E-state index in [0.29, 0.717) is 31.1 Å². The van der Waals surface area contributed by atoms with Crippen LogP contribution in [0.25, 0.3) is 10.4 Å². The van der Waals surface area contributed by atoms with E-state index in [2.05, 4.69) is 25.4 Å². The van der Waals surface area contributed by atoms with Crippen LogP contribution >= 0.6 is 11.6 Å². The molecule has 0 bridgehead atoms. The van der Waals surface area contributed by atoms with Gasteiger partial charge >= 0.3 is 0 Å². The molecule has 0 unspecified atom stereocenters. The second-order valence-electron chi connectivity index (χ2n) is 11.8. The van der Waals surface area contributed by atoms with Crippen LogP contribution in [0, 0.1) is 17.6 Å². The van der Waals surface area contributed by atoms with E-state index in [1.54, 1.807) is 31.2 Å². The van der Waals surface area contributed by atoms with Crippen LogP contribution in [0.4, 0.5) is 14.5 Å². The minimum absolute atomic E-state index is 0.00200. The van der Waals surface area contributed by atoms with E-state index in [9.17, 15) is 28.2 Å². The Morgan fingerprint density at radius 1 is 1.08 bits per heavy atom. The predicted molar refractivity (Wildman–Crippen MR) is 179 cm³/mol. The molecule has 0 radical (unpaired) electrons. The summed E-state index contributed by atoms with van der Waals surface area (Å²) >= 11 is 6.13. The lowest BCUT2D eigenvalue weighted by Gasteiger charge is -2.34. The van der Waals surface area contributed by atoms with Gasteiger partial charge in [-0.2, -0.15) is 0 Å². The molecule has 4 atom stereocenters. The zero-order valence-corrected chi connectivity index (χ0v) is 27.9. The number of carbonyl (C=O) groups excluding carboxylic acids is 1. The zero-order valence-electron chi connectivity index (χ0n) is 26.4. The number of amides is 1. The molecule has 4 N–H and O–H groups in total. The molecule has 11 nitrogen and oxygen atoms in total. The largest absolute Gasteiger partial charge is 0.392 e. The molecule has 258 valence electrons. The Labute approximate surface area is 283 Å². The maximum Gasteiger partial charge on any atom is 0.240 e. The lowest BCUT2D eigenvalue weighted by molar-refractivity contribution is -0.118. The molecular weight excluding hydrogens is 666 g/mol. The summed E-state index contributed by atoms with van der Waals surface area (Å²) in [6.07, 6.45) is 0.673. The predicted octanol–water partition coefficient (Wildman–Crippen LogP) is 5.70. The number of rotatable bonds is 16. The highest BCUT2D eigenvalue weighted by Gasteiger charge is 2.36. The van der Waals surface area contributed by atoms with Crippen LogP contribution in [0.5, 0.6) is 0 Å². The first kappa shape index (κ1) is 37.2. The molecule has 1 saturated heterocycles. The Bertz CT molecular complexity index is 1670. The van der Waals surface area contributed by atoms with E-state index < -0.39 is 51.7 Å². The van der Waals surface area contributed by atoms with Gasteiger partial charge in [0, 0.05) is 59.4 Å². The monoisotopic (exact) mass is 704 g/mol. The van der Waals surface area contributed by atoms with Crippen molar-refractivity contribution in [2.24, 2.45) is 11.0 Å². The molecule has 0 aliphatic carbocycles. The van der Waals surface area contributed by atoms with E-state index in [0.717, 1.165) is 29.8 Å². The molecule has 1 heterocycles. The Kier molecular flexibility index (Phi) is 13.7. The number of nitrogens with one attached hydrogen (secondary N) is 3. The normalized spacial score (nSPS) is 16.4. The number of halogens is 3. The summed E-state index contributed by atoms with van der Waals surface area (Å²) in [5.74, 6) is -2.39. The lowest BCUT2D eigenvalue weighted by atomic mass is 9.76. The first-order chi connectivity index (χ1) is 23.0. The van der Waals surface area contributed by atoms with Crippen LogP contribution in [0.1, 0.15) is 43.2 Å². The third-order valence-corrected chi connectivity index (χ3v) is 10.00. The second-order valence-corrected chi connectivity index (χ2v) is 13.9. The first-order valence-electron chi connectivity index (χ1n) is 15.6. The van der Waals surface area contributed by atoms with Crippen molar-refractivity contribution in [3.05, 3.63) is 105 Å². The molecule has 0 saturated carbocycles. The van der Waals surface area contributed by atoms with Gasteiger partial charge in [0.05, 0.1) is 11.0 Å². The number of sulfonamides is 1. The summed E-state index contributed by atoms with van der Waals surface area (Å²) in [5, 5.41) is 19.9. The van der Waals surface area contributed by atoms with Gasteiger partial charge in [-0.05, 0) is 98.2 Å². The Morgan fingerprint density at radius 2 is 1.77 bits per heavy atom. The van der Waals surface area contributed by atoms with Crippen LogP contribution in [-0.2, 0) is 26.0 Å². The SMILES string of the molecule is C[C@H](O)CNC[C@H](CCc1c(F)cccc1NC(=O)[C@@H](N=[N+]=[N-])[C@@H](c1ccc(Cl)cc1)C1CCOCC1)NS(=O)(=O)c1ccc(F)cc1. The van der Waals surface area contributed by atoms with Gasteiger partial charge in [0.1, 0.15) is 17.7 Å². The quantitative estimate of drug-likeness (QED) is 0.0849. The number of hydrogen-bond donors (Lipinski definition) is 4. The van der Waals surface area contributed by atoms with Gasteiger partial charge in [0.25, 0.3) is 0 Å². The van der Waals surface area contributed by atoms with Crippen molar-refractivity contribution in [1.82, 2.24) is 10.0 Å². The molecule has 3 aromatic rings. The molecule has 3 aromatic carbocycles. The maximum atomic E-state index is 15.4. The molecule has 1 aliphatic rings. The van der Waals surface area contributed by atoms with E-state index in [1.165, 1.54) is 18.2 Å². The van der Waals surface area contributed by atoms with E-state index in [1.807, 2.05) is 0 Å². The number of hydrogen-bond acceptors (Lipinski definition) is 7. The zero-order chi connectivity index (χ0) is 34.7. The smallest absolute Gasteiger partial charge is 0.240 e. The third kappa shape index (κ3) is 10.4. The van der Waals surface area contributed by atoms with Crippen molar-refractivity contribution < 1.29 is 31.8 Å². The number of ether oxygens (including phenoxy) is 1. The highest BCUT2D eigenvalue weighted by molar-refractivity contribution is 7.89. The van der Waals surface area contributed by atoms with Crippen LogP contribution in [0.3, 0.4) is 0 Å². The minimum atomic E-state index is -4.08. The van der Waals surface area contributed by atoms with Crippen molar-refractivity contribution in [2.75, 3.05) is 31.6 Å². The van der Waals surface area contributed by atoms with Crippen molar-refractivity contribution in [3.8, 4) is 0 Å². The minimum Gasteiger partial charge on any atom is -0.392 e. The van der Waals surface area contributed by atoms with Crippen molar-refractivity contribution >= 4 is 33.2 Å². The molecular formula is C33H39ClF2N6O5S. The fraction of sp³-hybridized carbons (Fsp3) is 0.424. The summed E-state index contributed by atoms with van der Waals surface area (Å²) in [5.41, 5.74) is 10.5. The molecule has 48 heavy (non-hydrogen) atoms. The molecule has 1 aliphatic heterocycles. The molecule has 15 heteroatoms. The average Bonchev–Trinajstić information content (AvgIpc) is 3.05. The summed E-state index contributed by atoms with van der Waals surface area (Å²) < 4.78 is 63.1. The number of azide groups is 1. The van der Waals surface area contributed by atoms with Crippen molar-refractivity contribution in [2.45, 2.75) is 61.6 Å². The number of aliphatic hydroxyl groups excluding tert-OH is 1. The van der Waals surface area contributed by atoms with Gasteiger partial charge in [-0.1, -0.05) is 34.9 Å². The van der Waals surface area contributed by atoms with Crippen LogP contribution in [0.2, 0.25) is 5.02 Å². The topological polar surface area (TPSA) is 166 Å². The number of nitrogens with zero attached hydrogens (tertiary/aromatic N) is 3. The summed E-state index contributed by atoms with van der Waals surface area (Å²) in [6.45, 7) is 2.83. The molecule has 1 amide bonds. The molecule has 1 fully saturated rings. The van der Waals surface area contributed by atoms with E-state index >= 15 is 4.39 Å². The van der Waals surface area contributed by atoms with Crippen LogP contribution in [-0.4, -0.2) is 63.9 Å². The van der Waals surface area contributed by atoms with Gasteiger partial charge < -0.3 is 20.5 Å². The number of benzene rings is 3. The first-order valence-corrected chi connectivity index (χ1v) is 17.5. The molecule has 4 rings (SSSR count). The van der Waals surface area contributed by atoms with Crippen LogP contribution in [0.15, 0.2) is 76.7 Å². The van der Waals surface area contributed by atoms with Gasteiger partial charge in [0.2, 0.25) is 15.9 Å². The van der Waals surface area contributed by atoms with Crippen LogP contribution < -0.4 is 15.4 Å². The van der Waals surface area contributed by atoms with Gasteiger partial charge in [-0.3, -0.25) is 4.79 Å². The summed E-state index contributed by atoms with van der Waals surface area (Å²) in [6, 6.07) is 13.6. The Hall–Kier alpha value is -3.62. The third-order valence-electron chi connectivity index (χ3n) is 8.21.